The minimum Gasteiger partial charge on any atom is -0.493 e. The number of sulfonamides is 1. The summed E-state index contributed by atoms with van der Waals surface area (Å²) in [6.07, 6.45) is 1.01. The molecular weight excluding hydrogens is 352 g/mol. The standard InChI is InChI=1S/C15H24N2O7S/c1-21-7-6-16-14(18)10-17(25(5,19)20)11-8-12(22-2)15(24-4)13(9-11)23-3/h8-9H,6-7,10H2,1-5H3,(H,16,18). The Morgan fingerprint density at radius 1 is 1.08 bits per heavy atom. The van der Waals surface area contributed by atoms with Gasteiger partial charge in [-0.2, -0.15) is 0 Å². The quantitative estimate of drug-likeness (QED) is 0.584. The number of methoxy groups -OCH3 is 4. The maximum Gasteiger partial charge on any atom is 0.240 e. The highest BCUT2D eigenvalue weighted by Gasteiger charge is 2.24. The molecule has 1 rings (SSSR count). The van der Waals surface area contributed by atoms with Gasteiger partial charge in [-0.1, -0.05) is 0 Å². The van der Waals surface area contributed by atoms with E-state index in [4.69, 9.17) is 18.9 Å². The molecule has 0 aliphatic carbocycles. The number of carbonyl (C=O) groups is 1. The molecule has 0 radical (unpaired) electrons. The van der Waals surface area contributed by atoms with Crippen molar-refractivity contribution in [2.24, 2.45) is 0 Å². The molecule has 1 aromatic rings. The fraction of sp³-hybridized carbons (Fsp3) is 0.533. The normalized spacial score (nSPS) is 10.9. The molecule has 0 heterocycles. The summed E-state index contributed by atoms with van der Waals surface area (Å²) in [5, 5.41) is 2.58. The van der Waals surface area contributed by atoms with Crippen molar-refractivity contribution in [2.75, 3.05) is 58.7 Å². The SMILES string of the molecule is COCCNC(=O)CN(c1cc(OC)c(OC)c(OC)c1)S(C)(=O)=O. The molecule has 1 N–H and O–H groups in total. The van der Waals surface area contributed by atoms with Crippen molar-refractivity contribution in [3.63, 3.8) is 0 Å². The molecule has 1 amide bonds. The third kappa shape index (κ3) is 5.68. The minimum absolute atomic E-state index is 0.221. The van der Waals surface area contributed by atoms with Gasteiger partial charge in [-0.25, -0.2) is 8.42 Å². The Hall–Kier alpha value is -2.20. The highest BCUT2D eigenvalue weighted by atomic mass is 32.2. The third-order valence-corrected chi connectivity index (χ3v) is 4.39. The summed E-state index contributed by atoms with van der Waals surface area (Å²) in [6, 6.07) is 2.93. The molecular formula is C15H24N2O7S. The fourth-order valence-electron chi connectivity index (χ4n) is 2.09. The number of carbonyl (C=O) groups excluding carboxylic acids is 1. The number of rotatable bonds is 10. The fourth-order valence-corrected chi connectivity index (χ4v) is 2.93. The first kappa shape index (κ1) is 20.8. The van der Waals surface area contributed by atoms with E-state index in [1.54, 1.807) is 0 Å². The lowest BCUT2D eigenvalue weighted by Gasteiger charge is -2.24. The molecule has 142 valence electrons. The van der Waals surface area contributed by atoms with E-state index in [9.17, 15) is 13.2 Å². The molecule has 0 atom stereocenters. The van der Waals surface area contributed by atoms with Crippen LogP contribution in [0.4, 0.5) is 5.69 Å². The van der Waals surface area contributed by atoms with Crippen molar-refractivity contribution < 1.29 is 32.2 Å². The lowest BCUT2D eigenvalue weighted by molar-refractivity contribution is -0.119. The van der Waals surface area contributed by atoms with E-state index < -0.39 is 15.9 Å². The molecule has 0 bridgehead atoms. The summed E-state index contributed by atoms with van der Waals surface area (Å²) in [6.45, 7) is 0.220. The highest BCUT2D eigenvalue weighted by Crippen LogP contribution is 2.41. The largest absolute Gasteiger partial charge is 0.493 e. The molecule has 10 heteroatoms. The van der Waals surface area contributed by atoms with E-state index in [-0.39, 0.29) is 30.3 Å². The van der Waals surface area contributed by atoms with E-state index >= 15 is 0 Å². The minimum atomic E-state index is -3.72. The molecule has 0 saturated carbocycles. The van der Waals surface area contributed by atoms with Crippen LogP contribution in [0.1, 0.15) is 0 Å². The van der Waals surface area contributed by atoms with Crippen molar-refractivity contribution >= 4 is 21.6 Å². The number of ether oxygens (including phenoxy) is 4. The second kappa shape index (κ2) is 9.33. The van der Waals surface area contributed by atoms with Crippen molar-refractivity contribution in [1.29, 1.82) is 0 Å². The van der Waals surface area contributed by atoms with Crippen molar-refractivity contribution in [1.82, 2.24) is 5.32 Å². The van der Waals surface area contributed by atoms with E-state index in [1.165, 1.54) is 40.6 Å². The molecule has 0 fully saturated rings. The Morgan fingerprint density at radius 2 is 1.64 bits per heavy atom. The van der Waals surface area contributed by atoms with Crippen LogP contribution >= 0.6 is 0 Å². The number of anilines is 1. The van der Waals surface area contributed by atoms with Crippen LogP contribution in [-0.4, -0.2) is 68.7 Å². The Morgan fingerprint density at radius 3 is 2.04 bits per heavy atom. The van der Waals surface area contributed by atoms with Gasteiger partial charge in [-0.15, -0.1) is 0 Å². The van der Waals surface area contributed by atoms with E-state index in [0.717, 1.165) is 10.6 Å². The van der Waals surface area contributed by atoms with E-state index in [1.807, 2.05) is 0 Å². The van der Waals surface area contributed by atoms with Gasteiger partial charge >= 0.3 is 0 Å². The lowest BCUT2D eigenvalue weighted by atomic mass is 10.2. The highest BCUT2D eigenvalue weighted by molar-refractivity contribution is 7.92. The number of amides is 1. The number of hydrogen-bond donors (Lipinski definition) is 1. The van der Waals surface area contributed by atoms with Gasteiger partial charge in [0.2, 0.25) is 21.7 Å². The summed E-state index contributed by atoms with van der Waals surface area (Å²) in [4.78, 5) is 12.0. The van der Waals surface area contributed by atoms with Gasteiger partial charge in [-0.3, -0.25) is 9.10 Å². The van der Waals surface area contributed by atoms with E-state index in [0.29, 0.717) is 12.4 Å². The zero-order valence-corrected chi connectivity index (χ0v) is 15.8. The maximum atomic E-state index is 12.2. The van der Waals surface area contributed by atoms with Crippen LogP contribution in [0, 0.1) is 0 Å². The van der Waals surface area contributed by atoms with Crippen LogP contribution in [-0.2, 0) is 19.6 Å². The zero-order valence-electron chi connectivity index (χ0n) is 15.0. The first-order valence-corrected chi connectivity index (χ1v) is 9.16. The Balaban J connectivity index is 3.22. The van der Waals surface area contributed by atoms with Crippen molar-refractivity contribution in [3.8, 4) is 17.2 Å². The first-order valence-electron chi connectivity index (χ1n) is 7.31. The molecule has 0 saturated heterocycles. The van der Waals surface area contributed by atoms with Crippen LogP contribution in [0.5, 0.6) is 17.2 Å². The average Bonchev–Trinajstić information content (AvgIpc) is 2.57. The predicted molar refractivity (Wildman–Crippen MR) is 93.2 cm³/mol. The van der Waals surface area contributed by atoms with Gasteiger partial charge in [-0.05, 0) is 0 Å². The summed E-state index contributed by atoms with van der Waals surface area (Å²) in [5.41, 5.74) is 0.221. The van der Waals surface area contributed by atoms with Gasteiger partial charge in [0, 0.05) is 25.8 Å². The van der Waals surface area contributed by atoms with Gasteiger partial charge < -0.3 is 24.3 Å². The first-order chi connectivity index (χ1) is 11.8. The molecule has 9 nitrogen and oxygen atoms in total. The Labute approximate surface area is 147 Å². The van der Waals surface area contributed by atoms with Gasteiger partial charge in [0.25, 0.3) is 0 Å². The van der Waals surface area contributed by atoms with Gasteiger partial charge in [0.15, 0.2) is 11.5 Å². The summed E-state index contributed by atoms with van der Waals surface area (Å²) < 4.78 is 45.8. The van der Waals surface area contributed by atoms with Crippen LogP contribution in [0.2, 0.25) is 0 Å². The maximum absolute atomic E-state index is 12.2. The molecule has 25 heavy (non-hydrogen) atoms. The van der Waals surface area contributed by atoms with Crippen LogP contribution in [0.15, 0.2) is 12.1 Å². The topological polar surface area (TPSA) is 103 Å². The summed E-state index contributed by atoms with van der Waals surface area (Å²) in [5.74, 6) is 0.429. The molecule has 0 unspecified atom stereocenters. The molecule has 0 aliphatic heterocycles. The number of hydrogen-bond acceptors (Lipinski definition) is 7. The molecule has 0 aromatic heterocycles. The summed E-state index contributed by atoms with van der Waals surface area (Å²) >= 11 is 0. The smallest absolute Gasteiger partial charge is 0.240 e. The number of benzene rings is 1. The van der Waals surface area contributed by atoms with Crippen LogP contribution in [0.3, 0.4) is 0 Å². The third-order valence-electron chi connectivity index (χ3n) is 3.25. The lowest BCUT2D eigenvalue weighted by Crippen LogP contribution is -2.41. The van der Waals surface area contributed by atoms with Gasteiger partial charge in [0.1, 0.15) is 6.54 Å². The molecule has 0 spiro atoms. The molecule has 1 aromatic carbocycles. The van der Waals surface area contributed by atoms with Crippen LogP contribution in [0.25, 0.3) is 0 Å². The second-order valence-corrected chi connectivity index (χ2v) is 6.90. The van der Waals surface area contributed by atoms with Crippen molar-refractivity contribution in [3.05, 3.63) is 12.1 Å². The summed E-state index contributed by atoms with van der Waals surface area (Å²) in [7, 11) is 2.06. The van der Waals surface area contributed by atoms with Gasteiger partial charge in [0.05, 0.1) is 39.9 Å². The monoisotopic (exact) mass is 376 g/mol. The average molecular weight is 376 g/mol. The van der Waals surface area contributed by atoms with Crippen molar-refractivity contribution in [2.45, 2.75) is 0 Å². The second-order valence-electron chi connectivity index (χ2n) is 5.00. The Kier molecular flexibility index (Phi) is 7.78. The number of nitrogens with one attached hydrogen (secondary N) is 1. The number of nitrogens with zero attached hydrogens (tertiary/aromatic N) is 1. The van der Waals surface area contributed by atoms with E-state index in [2.05, 4.69) is 5.32 Å². The zero-order chi connectivity index (χ0) is 19.0. The Bertz CT molecular complexity index is 666. The predicted octanol–water partition coefficient (Wildman–Crippen LogP) is 0.241. The van der Waals surface area contributed by atoms with Crippen LogP contribution < -0.4 is 23.8 Å². The molecule has 0 aliphatic rings.